The summed E-state index contributed by atoms with van der Waals surface area (Å²) < 4.78 is 1.80. The van der Waals surface area contributed by atoms with Crippen LogP contribution in [0.5, 0.6) is 0 Å². The number of anilines is 1. The van der Waals surface area contributed by atoms with Gasteiger partial charge in [0.15, 0.2) is 0 Å². The van der Waals surface area contributed by atoms with E-state index in [2.05, 4.69) is 15.4 Å². The highest BCUT2D eigenvalue weighted by Gasteiger charge is 2.26. The molecule has 84 valence electrons. The molecule has 2 heterocycles. The van der Waals surface area contributed by atoms with Crippen LogP contribution in [0, 0.1) is 0 Å². The summed E-state index contributed by atoms with van der Waals surface area (Å²) in [6.45, 7) is 0.843. The summed E-state index contributed by atoms with van der Waals surface area (Å²) in [5.74, 6) is 0.761. The zero-order valence-corrected chi connectivity index (χ0v) is 10.00. The largest absolute Gasteiger partial charge is 0.378 e. The molecule has 0 aliphatic heterocycles. The third kappa shape index (κ3) is 2.09. The van der Waals surface area contributed by atoms with E-state index in [9.17, 15) is 0 Å². The summed E-state index contributed by atoms with van der Waals surface area (Å²) in [6, 6.07) is 0. The summed E-state index contributed by atoms with van der Waals surface area (Å²) in [6.07, 6.45) is 8.44. The summed E-state index contributed by atoms with van der Waals surface area (Å²) in [5.41, 5.74) is 1.06. The van der Waals surface area contributed by atoms with E-state index in [1.165, 1.54) is 22.7 Å². The topological polar surface area (TPSA) is 42.7 Å². The Morgan fingerprint density at radius 1 is 1.50 bits per heavy atom. The van der Waals surface area contributed by atoms with Crippen LogP contribution in [0.25, 0.3) is 0 Å². The molecule has 0 amide bonds. The highest BCUT2D eigenvalue weighted by atomic mass is 32.1. The van der Waals surface area contributed by atoms with Gasteiger partial charge in [-0.25, -0.2) is 4.98 Å². The Bertz CT molecular complexity index is 484. The van der Waals surface area contributed by atoms with Crippen LogP contribution in [-0.4, -0.2) is 14.8 Å². The number of hydrogen-bond acceptors (Lipinski definition) is 4. The standard InChI is InChI=1S/C11H14N4S/c1-15-7-9(4-14-15)12-5-10-6-13-11(16-10)8-2-3-8/h4,6-8,12H,2-3,5H2,1H3. The predicted molar refractivity (Wildman–Crippen MR) is 64.6 cm³/mol. The molecular weight excluding hydrogens is 220 g/mol. The lowest BCUT2D eigenvalue weighted by atomic mass is 10.4. The molecule has 2 aromatic rings. The molecule has 2 aromatic heterocycles. The molecule has 0 radical (unpaired) electrons. The molecule has 0 bridgehead atoms. The number of aromatic nitrogens is 3. The van der Waals surface area contributed by atoms with Crippen molar-refractivity contribution in [2.45, 2.75) is 25.3 Å². The van der Waals surface area contributed by atoms with Gasteiger partial charge in [-0.2, -0.15) is 5.10 Å². The van der Waals surface area contributed by atoms with Crippen molar-refractivity contribution in [3.8, 4) is 0 Å². The first-order valence-electron chi connectivity index (χ1n) is 5.48. The molecule has 16 heavy (non-hydrogen) atoms. The fourth-order valence-corrected chi connectivity index (χ4v) is 2.65. The number of nitrogens with zero attached hydrogens (tertiary/aromatic N) is 3. The van der Waals surface area contributed by atoms with Crippen molar-refractivity contribution in [2.24, 2.45) is 7.05 Å². The molecule has 1 aliphatic carbocycles. The van der Waals surface area contributed by atoms with E-state index in [0.717, 1.165) is 18.2 Å². The van der Waals surface area contributed by atoms with E-state index in [-0.39, 0.29) is 0 Å². The van der Waals surface area contributed by atoms with Crippen LogP contribution < -0.4 is 5.32 Å². The maximum Gasteiger partial charge on any atom is 0.0959 e. The van der Waals surface area contributed by atoms with Crippen LogP contribution >= 0.6 is 11.3 Å². The molecule has 0 atom stereocenters. The van der Waals surface area contributed by atoms with Crippen molar-refractivity contribution in [1.29, 1.82) is 0 Å². The molecule has 4 nitrogen and oxygen atoms in total. The Kier molecular flexibility index (Phi) is 2.40. The van der Waals surface area contributed by atoms with Gasteiger partial charge >= 0.3 is 0 Å². The zero-order chi connectivity index (χ0) is 11.0. The zero-order valence-electron chi connectivity index (χ0n) is 9.18. The number of thiazole rings is 1. The van der Waals surface area contributed by atoms with Crippen LogP contribution in [0.2, 0.25) is 0 Å². The van der Waals surface area contributed by atoms with Crippen LogP contribution in [-0.2, 0) is 13.6 Å². The normalized spacial score (nSPS) is 15.3. The smallest absolute Gasteiger partial charge is 0.0959 e. The van der Waals surface area contributed by atoms with Gasteiger partial charge in [0.05, 0.1) is 23.4 Å². The lowest BCUT2D eigenvalue weighted by molar-refractivity contribution is 0.768. The fraction of sp³-hybridized carbons (Fsp3) is 0.455. The number of rotatable bonds is 4. The summed E-state index contributed by atoms with van der Waals surface area (Å²) in [5, 5.41) is 8.76. The average molecular weight is 234 g/mol. The second-order valence-corrected chi connectivity index (χ2v) is 5.34. The maximum atomic E-state index is 4.45. The third-order valence-electron chi connectivity index (χ3n) is 2.67. The fourth-order valence-electron chi connectivity index (χ4n) is 1.63. The Hall–Kier alpha value is -1.36. The van der Waals surface area contributed by atoms with Crippen molar-refractivity contribution in [3.05, 3.63) is 28.5 Å². The van der Waals surface area contributed by atoms with Gasteiger partial charge in [0, 0.05) is 30.2 Å². The summed E-state index contributed by atoms with van der Waals surface area (Å²) in [7, 11) is 1.92. The molecular formula is C11H14N4S. The Morgan fingerprint density at radius 3 is 3.06 bits per heavy atom. The van der Waals surface area contributed by atoms with E-state index in [0.29, 0.717) is 0 Å². The molecule has 0 saturated heterocycles. The van der Waals surface area contributed by atoms with Crippen LogP contribution in [0.3, 0.4) is 0 Å². The molecule has 0 unspecified atom stereocenters. The minimum Gasteiger partial charge on any atom is -0.378 e. The Labute approximate surface area is 98.3 Å². The lowest BCUT2D eigenvalue weighted by Gasteiger charge is -1.98. The second-order valence-electron chi connectivity index (χ2n) is 4.20. The van der Waals surface area contributed by atoms with Crippen LogP contribution in [0.1, 0.15) is 28.6 Å². The minimum atomic E-state index is 0.761. The van der Waals surface area contributed by atoms with Gasteiger partial charge in [0.25, 0.3) is 0 Å². The van der Waals surface area contributed by atoms with Gasteiger partial charge in [-0.1, -0.05) is 0 Å². The maximum absolute atomic E-state index is 4.45. The van der Waals surface area contributed by atoms with Crippen molar-refractivity contribution in [2.75, 3.05) is 5.32 Å². The number of aryl methyl sites for hydroxylation is 1. The van der Waals surface area contributed by atoms with Crippen molar-refractivity contribution >= 4 is 17.0 Å². The number of nitrogens with one attached hydrogen (secondary N) is 1. The quantitative estimate of drug-likeness (QED) is 0.883. The second kappa shape index (κ2) is 3.90. The molecule has 3 rings (SSSR count). The van der Waals surface area contributed by atoms with Crippen molar-refractivity contribution in [3.63, 3.8) is 0 Å². The Morgan fingerprint density at radius 2 is 2.38 bits per heavy atom. The van der Waals surface area contributed by atoms with Gasteiger partial charge in [-0.15, -0.1) is 11.3 Å². The van der Waals surface area contributed by atoms with E-state index in [1.807, 2.05) is 37.0 Å². The summed E-state index contributed by atoms with van der Waals surface area (Å²) in [4.78, 5) is 5.75. The Balaban J connectivity index is 1.61. The third-order valence-corrected chi connectivity index (χ3v) is 3.83. The van der Waals surface area contributed by atoms with Gasteiger partial charge in [0.1, 0.15) is 0 Å². The van der Waals surface area contributed by atoms with Crippen molar-refractivity contribution < 1.29 is 0 Å². The van der Waals surface area contributed by atoms with E-state index >= 15 is 0 Å². The van der Waals surface area contributed by atoms with Crippen molar-refractivity contribution in [1.82, 2.24) is 14.8 Å². The SMILES string of the molecule is Cn1cc(NCc2cnc(C3CC3)s2)cn1. The first kappa shape index (κ1) is 9.84. The van der Waals surface area contributed by atoms with Gasteiger partial charge in [0.2, 0.25) is 0 Å². The molecule has 1 N–H and O–H groups in total. The van der Waals surface area contributed by atoms with Gasteiger partial charge in [-0.3, -0.25) is 4.68 Å². The average Bonchev–Trinajstić information content (AvgIpc) is 2.87. The van der Waals surface area contributed by atoms with Gasteiger partial charge in [-0.05, 0) is 12.8 Å². The molecule has 0 spiro atoms. The molecule has 1 fully saturated rings. The van der Waals surface area contributed by atoms with Crippen LogP contribution in [0.15, 0.2) is 18.6 Å². The minimum absolute atomic E-state index is 0.761. The molecule has 1 saturated carbocycles. The number of hydrogen-bond donors (Lipinski definition) is 1. The molecule has 0 aromatic carbocycles. The van der Waals surface area contributed by atoms with Gasteiger partial charge < -0.3 is 5.32 Å². The highest BCUT2D eigenvalue weighted by Crippen LogP contribution is 2.41. The lowest BCUT2D eigenvalue weighted by Crippen LogP contribution is -1.95. The van der Waals surface area contributed by atoms with E-state index in [1.54, 1.807) is 4.68 Å². The monoisotopic (exact) mass is 234 g/mol. The van der Waals surface area contributed by atoms with Crippen LogP contribution in [0.4, 0.5) is 5.69 Å². The first-order chi connectivity index (χ1) is 7.81. The molecule has 5 heteroatoms. The summed E-state index contributed by atoms with van der Waals surface area (Å²) >= 11 is 1.83. The molecule has 1 aliphatic rings. The highest BCUT2D eigenvalue weighted by molar-refractivity contribution is 7.11. The van der Waals surface area contributed by atoms with E-state index < -0.39 is 0 Å². The predicted octanol–water partition coefficient (Wildman–Crippen LogP) is 2.37. The first-order valence-corrected chi connectivity index (χ1v) is 6.30. The van der Waals surface area contributed by atoms with E-state index in [4.69, 9.17) is 0 Å².